The van der Waals surface area contributed by atoms with Gasteiger partial charge in [0.05, 0.1) is 18.4 Å². The van der Waals surface area contributed by atoms with Crippen molar-refractivity contribution in [2.45, 2.75) is 0 Å². The molecular formula is C16H13N3O3. The maximum atomic E-state index is 11.4. The zero-order valence-corrected chi connectivity index (χ0v) is 11.8. The molecule has 0 aliphatic rings. The summed E-state index contributed by atoms with van der Waals surface area (Å²) in [5.41, 5.74) is 2.07. The molecule has 0 radical (unpaired) electrons. The molecular weight excluding hydrogens is 282 g/mol. The summed E-state index contributed by atoms with van der Waals surface area (Å²) in [6.45, 7) is 0. The van der Waals surface area contributed by atoms with Gasteiger partial charge in [0.1, 0.15) is 12.1 Å². The number of rotatable bonds is 3. The minimum atomic E-state index is -0.380. The second kappa shape index (κ2) is 5.69. The van der Waals surface area contributed by atoms with Crippen molar-refractivity contribution in [1.29, 1.82) is 0 Å². The van der Waals surface area contributed by atoms with Crippen LogP contribution < -0.4 is 0 Å². The van der Waals surface area contributed by atoms with Gasteiger partial charge in [-0.3, -0.25) is 0 Å². The minimum absolute atomic E-state index is 0.197. The zero-order valence-electron chi connectivity index (χ0n) is 11.8. The Hall–Kier alpha value is -3.15. The first-order chi connectivity index (χ1) is 10.7. The third-order valence-corrected chi connectivity index (χ3v) is 3.17. The van der Waals surface area contributed by atoms with Gasteiger partial charge in [0, 0.05) is 5.56 Å². The highest BCUT2D eigenvalue weighted by atomic mass is 16.5. The van der Waals surface area contributed by atoms with E-state index < -0.39 is 0 Å². The second-order valence-electron chi connectivity index (χ2n) is 4.60. The van der Waals surface area contributed by atoms with E-state index in [1.165, 1.54) is 7.11 Å². The molecule has 3 rings (SSSR count). The fourth-order valence-electron chi connectivity index (χ4n) is 2.00. The molecule has 0 saturated heterocycles. The number of aromatic hydroxyl groups is 1. The number of benzene rings is 2. The largest absolute Gasteiger partial charge is 0.508 e. The highest BCUT2D eigenvalue weighted by Crippen LogP contribution is 2.18. The van der Waals surface area contributed by atoms with Crippen LogP contribution in [0.15, 0.2) is 54.9 Å². The van der Waals surface area contributed by atoms with E-state index in [1.54, 1.807) is 59.5 Å². The lowest BCUT2D eigenvalue weighted by molar-refractivity contribution is 0.0601. The van der Waals surface area contributed by atoms with Crippen LogP contribution in [0, 0.1) is 0 Å². The highest BCUT2D eigenvalue weighted by molar-refractivity contribution is 5.89. The molecule has 0 spiro atoms. The van der Waals surface area contributed by atoms with Crippen LogP contribution in [-0.4, -0.2) is 33.0 Å². The summed E-state index contributed by atoms with van der Waals surface area (Å²) in [6.07, 6.45) is 1.59. The molecule has 0 aliphatic carbocycles. The topological polar surface area (TPSA) is 77.2 Å². The lowest BCUT2D eigenvalue weighted by Gasteiger charge is -2.01. The molecule has 6 heteroatoms. The van der Waals surface area contributed by atoms with Gasteiger partial charge in [-0.25, -0.2) is 14.5 Å². The van der Waals surface area contributed by atoms with Crippen LogP contribution in [0.25, 0.3) is 17.1 Å². The molecule has 1 aromatic heterocycles. The fraction of sp³-hybridized carbons (Fsp3) is 0.0625. The van der Waals surface area contributed by atoms with Gasteiger partial charge in [-0.15, -0.1) is 5.10 Å². The van der Waals surface area contributed by atoms with E-state index in [2.05, 4.69) is 14.8 Å². The molecule has 0 saturated carbocycles. The van der Waals surface area contributed by atoms with Crippen molar-refractivity contribution in [2.75, 3.05) is 7.11 Å². The first-order valence-electron chi connectivity index (χ1n) is 6.57. The maximum absolute atomic E-state index is 11.4. The predicted octanol–water partition coefficient (Wildman–Crippen LogP) is 2.43. The molecule has 1 heterocycles. The van der Waals surface area contributed by atoms with Crippen LogP contribution in [0.3, 0.4) is 0 Å². The fourth-order valence-corrected chi connectivity index (χ4v) is 2.00. The van der Waals surface area contributed by atoms with Gasteiger partial charge in [-0.2, -0.15) is 0 Å². The van der Waals surface area contributed by atoms with Gasteiger partial charge in [0.15, 0.2) is 5.82 Å². The summed E-state index contributed by atoms with van der Waals surface area (Å²) in [4.78, 5) is 15.7. The van der Waals surface area contributed by atoms with Crippen molar-refractivity contribution in [3.05, 3.63) is 60.4 Å². The van der Waals surface area contributed by atoms with Crippen LogP contribution in [0.1, 0.15) is 10.4 Å². The van der Waals surface area contributed by atoms with Crippen molar-refractivity contribution in [3.8, 4) is 22.8 Å². The van der Waals surface area contributed by atoms with E-state index in [4.69, 9.17) is 0 Å². The number of phenols is 1. The van der Waals surface area contributed by atoms with E-state index in [-0.39, 0.29) is 11.7 Å². The molecule has 110 valence electrons. The Morgan fingerprint density at radius 3 is 2.41 bits per heavy atom. The third kappa shape index (κ3) is 2.67. The van der Waals surface area contributed by atoms with Crippen molar-refractivity contribution < 1.29 is 14.6 Å². The van der Waals surface area contributed by atoms with Gasteiger partial charge >= 0.3 is 5.97 Å². The summed E-state index contributed by atoms with van der Waals surface area (Å²) < 4.78 is 6.27. The van der Waals surface area contributed by atoms with Crippen LogP contribution in [0.4, 0.5) is 0 Å². The number of carbonyl (C=O) groups excluding carboxylic acids is 1. The van der Waals surface area contributed by atoms with Crippen molar-refractivity contribution in [2.24, 2.45) is 0 Å². The van der Waals surface area contributed by atoms with Crippen LogP contribution in [-0.2, 0) is 4.74 Å². The first kappa shape index (κ1) is 13.8. The number of aromatic nitrogens is 3. The van der Waals surface area contributed by atoms with Gasteiger partial charge in [-0.05, 0) is 36.4 Å². The normalized spacial score (nSPS) is 10.4. The minimum Gasteiger partial charge on any atom is -0.508 e. The lowest BCUT2D eigenvalue weighted by atomic mass is 10.1. The SMILES string of the molecule is COC(=O)c1ccc(-c2ncn(-c3ccc(O)cc3)n2)cc1. The number of nitrogens with zero attached hydrogens (tertiary/aromatic N) is 3. The predicted molar refractivity (Wildman–Crippen MR) is 79.8 cm³/mol. The molecule has 0 fully saturated rings. The van der Waals surface area contributed by atoms with Crippen LogP contribution in [0.2, 0.25) is 0 Å². The molecule has 0 unspecified atom stereocenters. The Bertz CT molecular complexity index is 792. The van der Waals surface area contributed by atoms with Gasteiger partial charge < -0.3 is 9.84 Å². The van der Waals surface area contributed by atoms with E-state index in [9.17, 15) is 9.90 Å². The summed E-state index contributed by atoms with van der Waals surface area (Å²) in [6, 6.07) is 13.5. The van der Waals surface area contributed by atoms with Crippen molar-refractivity contribution in [1.82, 2.24) is 14.8 Å². The van der Waals surface area contributed by atoms with Crippen LogP contribution >= 0.6 is 0 Å². The number of hydrogen-bond donors (Lipinski definition) is 1. The molecule has 22 heavy (non-hydrogen) atoms. The zero-order chi connectivity index (χ0) is 15.5. The molecule has 3 aromatic rings. The molecule has 0 bridgehead atoms. The number of hydrogen-bond acceptors (Lipinski definition) is 5. The maximum Gasteiger partial charge on any atom is 0.337 e. The standard InChI is InChI=1S/C16H13N3O3/c1-22-16(21)12-4-2-11(3-5-12)15-17-10-19(18-15)13-6-8-14(20)9-7-13/h2-10,20H,1H3. The van der Waals surface area contributed by atoms with Crippen molar-refractivity contribution >= 4 is 5.97 Å². The third-order valence-electron chi connectivity index (χ3n) is 3.17. The lowest BCUT2D eigenvalue weighted by Crippen LogP contribution is -2.00. The molecule has 6 nitrogen and oxygen atoms in total. The average Bonchev–Trinajstić information content (AvgIpc) is 3.05. The Kier molecular flexibility index (Phi) is 3.57. The first-order valence-corrected chi connectivity index (χ1v) is 6.57. The molecule has 0 aliphatic heterocycles. The summed E-state index contributed by atoms with van der Waals surface area (Å²) in [5.74, 6) is 0.362. The number of phenolic OH excluding ortho intramolecular Hbond substituents is 1. The van der Waals surface area contributed by atoms with E-state index in [0.29, 0.717) is 11.4 Å². The van der Waals surface area contributed by atoms with E-state index in [1.807, 2.05) is 0 Å². The van der Waals surface area contributed by atoms with E-state index >= 15 is 0 Å². The smallest absolute Gasteiger partial charge is 0.337 e. The Labute approximate surface area is 126 Å². The molecule has 2 aromatic carbocycles. The number of esters is 1. The van der Waals surface area contributed by atoms with Crippen molar-refractivity contribution in [3.63, 3.8) is 0 Å². The van der Waals surface area contributed by atoms with Crippen LogP contribution in [0.5, 0.6) is 5.75 Å². The average molecular weight is 295 g/mol. The van der Waals surface area contributed by atoms with Gasteiger partial charge in [0.25, 0.3) is 0 Å². The quantitative estimate of drug-likeness (QED) is 0.751. The number of methoxy groups -OCH3 is 1. The number of carbonyl (C=O) groups is 1. The number of ether oxygens (including phenoxy) is 1. The Morgan fingerprint density at radius 2 is 1.77 bits per heavy atom. The summed E-state index contributed by atoms with van der Waals surface area (Å²) >= 11 is 0. The highest BCUT2D eigenvalue weighted by Gasteiger charge is 2.08. The molecule has 0 atom stereocenters. The van der Waals surface area contributed by atoms with Gasteiger partial charge in [0.2, 0.25) is 0 Å². The second-order valence-corrected chi connectivity index (χ2v) is 4.60. The van der Waals surface area contributed by atoms with Gasteiger partial charge in [-0.1, -0.05) is 12.1 Å². The molecule has 0 amide bonds. The molecule has 1 N–H and O–H groups in total. The summed E-state index contributed by atoms with van der Waals surface area (Å²) in [5, 5.41) is 13.7. The Morgan fingerprint density at radius 1 is 1.09 bits per heavy atom. The van der Waals surface area contributed by atoms with E-state index in [0.717, 1.165) is 11.3 Å². The monoisotopic (exact) mass is 295 g/mol. The Balaban J connectivity index is 1.87. The summed E-state index contributed by atoms with van der Waals surface area (Å²) in [7, 11) is 1.34.